The Kier molecular flexibility index (Phi) is 7.42. The number of benzene rings is 1. The molecule has 0 bridgehead atoms. The molecule has 1 unspecified atom stereocenters. The van der Waals surface area contributed by atoms with E-state index in [0.717, 1.165) is 32.1 Å². The largest absolute Gasteiger partial charge is 0.341 e. The normalized spacial score (nSPS) is 17.9. The van der Waals surface area contributed by atoms with Gasteiger partial charge in [-0.1, -0.05) is 30.3 Å². The van der Waals surface area contributed by atoms with Gasteiger partial charge >= 0.3 is 0 Å². The van der Waals surface area contributed by atoms with E-state index in [1.807, 2.05) is 40.8 Å². The smallest absolute Gasteiger partial charge is 0.245 e. The molecule has 0 saturated carbocycles. The number of aromatic nitrogens is 2. The SMILES string of the molecule is CC(C(=O)N1CCC(n2nccc2NC(=O)CCCc2ccccc2)CC1)N1CCCC1=O. The summed E-state index contributed by atoms with van der Waals surface area (Å²) in [7, 11) is 0. The second-order valence-corrected chi connectivity index (χ2v) is 8.97. The standard InChI is InChI=1S/C25H33N5O3/c1-19(29-16-6-11-24(29)32)25(33)28-17-13-21(14-18-28)30-22(12-15-26-30)27-23(31)10-5-9-20-7-3-2-4-8-20/h2-4,7-8,12,15,19,21H,5-6,9-11,13-14,16-18H2,1H3,(H,27,31). The third-order valence-electron chi connectivity index (χ3n) is 6.71. The van der Waals surface area contributed by atoms with Crippen molar-refractivity contribution in [3.8, 4) is 0 Å². The summed E-state index contributed by atoms with van der Waals surface area (Å²) < 4.78 is 1.88. The molecule has 2 aliphatic rings. The first-order chi connectivity index (χ1) is 16.0. The third kappa shape index (κ3) is 5.61. The Morgan fingerprint density at radius 1 is 1.12 bits per heavy atom. The minimum atomic E-state index is -0.396. The molecule has 3 amide bonds. The van der Waals surface area contributed by atoms with Crippen LogP contribution in [0.1, 0.15) is 57.1 Å². The predicted molar refractivity (Wildman–Crippen MR) is 125 cm³/mol. The first-order valence-corrected chi connectivity index (χ1v) is 12.0. The Labute approximate surface area is 194 Å². The fourth-order valence-electron chi connectivity index (χ4n) is 4.81. The van der Waals surface area contributed by atoms with Crippen molar-refractivity contribution in [3.63, 3.8) is 0 Å². The number of nitrogens with zero attached hydrogens (tertiary/aromatic N) is 4. The monoisotopic (exact) mass is 451 g/mol. The second kappa shape index (κ2) is 10.6. The van der Waals surface area contributed by atoms with Crippen LogP contribution in [0, 0.1) is 0 Å². The van der Waals surface area contributed by atoms with Crippen LogP contribution in [-0.2, 0) is 20.8 Å². The van der Waals surface area contributed by atoms with Crippen LogP contribution in [0.2, 0.25) is 0 Å². The Morgan fingerprint density at radius 2 is 1.88 bits per heavy atom. The van der Waals surface area contributed by atoms with E-state index in [9.17, 15) is 14.4 Å². The number of likely N-dealkylation sites (tertiary alicyclic amines) is 2. The van der Waals surface area contributed by atoms with Gasteiger partial charge in [0, 0.05) is 38.5 Å². The lowest BCUT2D eigenvalue weighted by atomic mass is 10.0. The van der Waals surface area contributed by atoms with Crippen LogP contribution >= 0.6 is 0 Å². The van der Waals surface area contributed by atoms with Crippen LogP contribution in [-0.4, -0.2) is 63.0 Å². The fourth-order valence-corrected chi connectivity index (χ4v) is 4.81. The number of hydrogen-bond donors (Lipinski definition) is 1. The quantitative estimate of drug-likeness (QED) is 0.668. The van der Waals surface area contributed by atoms with Crippen molar-refractivity contribution in [2.45, 2.75) is 64.0 Å². The number of carbonyl (C=O) groups excluding carboxylic acids is 3. The van der Waals surface area contributed by atoms with Crippen molar-refractivity contribution >= 4 is 23.5 Å². The average molecular weight is 452 g/mol. The topological polar surface area (TPSA) is 87.5 Å². The molecule has 3 heterocycles. The van der Waals surface area contributed by atoms with Crippen molar-refractivity contribution < 1.29 is 14.4 Å². The Bertz CT molecular complexity index is 965. The van der Waals surface area contributed by atoms with Gasteiger partial charge in [-0.15, -0.1) is 0 Å². The maximum Gasteiger partial charge on any atom is 0.245 e. The number of hydrogen-bond acceptors (Lipinski definition) is 4. The van der Waals surface area contributed by atoms with E-state index in [1.165, 1.54) is 5.56 Å². The lowest BCUT2D eigenvalue weighted by molar-refractivity contribution is -0.143. The summed E-state index contributed by atoms with van der Waals surface area (Å²) in [4.78, 5) is 40.9. The molecule has 8 heteroatoms. The van der Waals surface area contributed by atoms with Gasteiger partial charge in [-0.2, -0.15) is 5.10 Å². The number of aryl methyl sites for hydroxylation is 1. The molecule has 4 rings (SSSR count). The van der Waals surface area contributed by atoms with E-state index < -0.39 is 6.04 Å². The number of amides is 3. The zero-order valence-electron chi connectivity index (χ0n) is 19.3. The lowest BCUT2D eigenvalue weighted by Crippen LogP contribution is -2.50. The average Bonchev–Trinajstić information content (AvgIpc) is 3.47. The van der Waals surface area contributed by atoms with Gasteiger partial charge in [-0.25, -0.2) is 4.68 Å². The van der Waals surface area contributed by atoms with E-state index in [1.54, 1.807) is 11.1 Å². The first kappa shape index (κ1) is 23.0. The van der Waals surface area contributed by atoms with Crippen LogP contribution in [0.3, 0.4) is 0 Å². The summed E-state index contributed by atoms with van der Waals surface area (Å²) >= 11 is 0. The zero-order chi connectivity index (χ0) is 23.2. The summed E-state index contributed by atoms with van der Waals surface area (Å²) in [6, 6.07) is 11.7. The molecule has 1 atom stereocenters. The molecular formula is C25H33N5O3. The van der Waals surface area contributed by atoms with Gasteiger partial charge in [-0.05, 0) is 44.6 Å². The highest BCUT2D eigenvalue weighted by Gasteiger charge is 2.34. The number of carbonyl (C=O) groups is 3. The van der Waals surface area contributed by atoms with Crippen LogP contribution in [0.25, 0.3) is 0 Å². The molecule has 2 aliphatic heterocycles. The predicted octanol–water partition coefficient (Wildman–Crippen LogP) is 3.02. The molecule has 0 aliphatic carbocycles. The van der Waals surface area contributed by atoms with Gasteiger partial charge in [0.2, 0.25) is 17.7 Å². The van der Waals surface area contributed by atoms with Gasteiger partial charge in [-0.3, -0.25) is 14.4 Å². The number of rotatable bonds is 8. The Hall–Kier alpha value is -3.16. The van der Waals surface area contributed by atoms with Crippen molar-refractivity contribution in [1.82, 2.24) is 19.6 Å². The summed E-state index contributed by atoms with van der Waals surface area (Å²) in [5, 5.41) is 7.45. The molecule has 2 saturated heterocycles. The molecule has 1 aromatic carbocycles. The van der Waals surface area contributed by atoms with Gasteiger partial charge in [0.25, 0.3) is 0 Å². The minimum Gasteiger partial charge on any atom is -0.341 e. The van der Waals surface area contributed by atoms with Gasteiger partial charge in [0.1, 0.15) is 11.9 Å². The molecule has 0 spiro atoms. The number of piperidine rings is 1. The van der Waals surface area contributed by atoms with E-state index in [-0.39, 0.29) is 23.8 Å². The molecule has 2 fully saturated rings. The van der Waals surface area contributed by atoms with Crippen LogP contribution < -0.4 is 5.32 Å². The van der Waals surface area contributed by atoms with Crippen LogP contribution in [0.15, 0.2) is 42.6 Å². The van der Waals surface area contributed by atoms with Crippen molar-refractivity contribution in [3.05, 3.63) is 48.2 Å². The number of nitrogens with one attached hydrogen (secondary N) is 1. The molecule has 2 aromatic rings. The molecule has 0 radical (unpaired) electrons. The fraction of sp³-hybridized carbons (Fsp3) is 0.520. The molecule has 176 valence electrons. The molecular weight excluding hydrogens is 418 g/mol. The van der Waals surface area contributed by atoms with Crippen molar-refractivity contribution in [1.29, 1.82) is 0 Å². The molecule has 33 heavy (non-hydrogen) atoms. The van der Waals surface area contributed by atoms with Crippen LogP contribution in [0.4, 0.5) is 5.82 Å². The first-order valence-electron chi connectivity index (χ1n) is 12.0. The molecule has 1 N–H and O–H groups in total. The maximum absolute atomic E-state index is 12.9. The minimum absolute atomic E-state index is 0.00981. The zero-order valence-corrected chi connectivity index (χ0v) is 19.3. The van der Waals surface area contributed by atoms with Gasteiger partial charge < -0.3 is 15.1 Å². The lowest BCUT2D eigenvalue weighted by Gasteiger charge is -2.36. The van der Waals surface area contributed by atoms with E-state index in [2.05, 4.69) is 22.5 Å². The Morgan fingerprint density at radius 3 is 2.58 bits per heavy atom. The van der Waals surface area contributed by atoms with E-state index >= 15 is 0 Å². The second-order valence-electron chi connectivity index (χ2n) is 8.97. The van der Waals surface area contributed by atoms with Gasteiger partial charge in [0.15, 0.2) is 0 Å². The van der Waals surface area contributed by atoms with E-state index in [4.69, 9.17) is 0 Å². The summed E-state index contributed by atoms with van der Waals surface area (Å²) in [6.07, 6.45) is 6.75. The summed E-state index contributed by atoms with van der Waals surface area (Å²) in [5.74, 6) is 0.799. The number of anilines is 1. The summed E-state index contributed by atoms with van der Waals surface area (Å²) in [5.41, 5.74) is 1.24. The summed E-state index contributed by atoms with van der Waals surface area (Å²) in [6.45, 7) is 3.75. The highest BCUT2D eigenvalue weighted by atomic mass is 16.2. The van der Waals surface area contributed by atoms with Gasteiger partial charge in [0.05, 0.1) is 12.2 Å². The molecule has 1 aromatic heterocycles. The Balaban J connectivity index is 1.25. The van der Waals surface area contributed by atoms with Crippen molar-refractivity contribution in [2.75, 3.05) is 25.0 Å². The maximum atomic E-state index is 12.9. The molecule has 8 nitrogen and oxygen atoms in total. The third-order valence-corrected chi connectivity index (χ3v) is 6.71. The highest BCUT2D eigenvalue weighted by molar-refractivity contribution is 5.90. The van der Waals surface area contributed by atoms with Crippen LogP contribution in [0.5, 0.6) is 0 Å². The highest BCUT2D eigenvalue weighted by Crippen LogP contribution is 2.26. The van der Waals surface area contributed by atoms with E-state index in [0.29, 0.717) is 38.3 Å². The van der Waals surface area contributed by atoms with Crippen molar-refractivity contribution in [2.24, 2.45) is 0 Å².